The van der Waals surface area contributed by atoms with Crippen LogP contribution in [0.15, 0.2) is 71.3 Å². The quantitative estimate of drug-likeness (QED) is 0.395. The molecule has 2 aromatic heterocycles. The Morgan fingerprint density at radius 2 is 1.87 bits per heavy atom. The molecule has 0 radical (unpaired) electrons. The van der Waals surface area contributed by atoms with E-state index in [0.29, 0.717) is 19.4 Å². The molecule has 1 N–H and O–H groups in total. The number of pyridine rings is 1. The van der Waals surface area contributed by atoms with Gasteiger partial charge < -0.3 is 9.88 Å². The van der Waals surface area contributed by atoms with E-state index in [-0.39, 0.29) is 17.8 Å². The first-order valence-electron chi connectivity index (χ1n) is 10.1. The van der Waals surface area contributed by atoms with E-state index in [1.165, 1.54) is 12.1 Å². The Hall–Kier alpha value is -3.06. The van der Waals surface area contributed by atoms with E-state index in [4.69, 9.17) is 4.98 Å². The van der Waals surface area contributed by atoms with E-state index in [1.54, 1.807) is 18.3 Å². The van der Waals surface area contributed by atoms with Crippen LogP contribution in [0.3, 0.4) is 0 Å². The van der Waals surface area contributed by atoms with E-state index in [1.807, 2.05) is 31.2 Å². The van der Waals surface area contributed by atoms with Crippen LogP contribution in [0.2, 0.25) is 0 Å². The molecule has 5 nitrogen and oxygen atoms in total. The normalized spacial score (nSPS) is 12.1. The van der Waals surface area contributed by atoms with E-state index >= 15 is 0 Å². The van der Waals surface area contributed by atoms with Gasteiger partial charge in [-0.25, -0.2) is 14.4 Å². The van der Waals surface area contributed by atoms with Gasteiger partial charge in [-0.2, -0.15) is 0 Å². The molecule has 0 saturated carbocycles. The fraction of sp³-hybridized carbons (Fsp3) is 0.208. The lowest BCUT2D eigenvalue weighted by molar-refractivity contribution is -0.121. The van der Waals surface area contributed by atoms with Crippen molar-refractivity contribution >= 4 is 33.0 Å². The van der Waals surface area contributed by atoms with Gasteiger partial charge >= 0.3 is 0 Å². The molecule has 2 aromatic carbocycles. The molecule has 0 aliphatic carbocycles. The smallest absolute Gasteiger partial charge is 0.220 e. The van der Waals surface area contributed by atoms with Gasteiger partial charge in [0.1, 0.15) is 17.2 Å². The standard InChI is InChI=1S/C24H22BrFN4O/c1-16(18-6-10-20(26)11-7-18)28-23(31)13-12-22-29-21-3-2-14-27-24(21)30(22)15-17-4-8-19(25)9-5-17/h2-11,14,16H,12-13,15H2,1H3,(H,28,31)/t16-/m0/s1. The van der Waals surface area contributed by atoms with Crippen molar-refractivity contribution in [3.63, 3.8) is 0 Å². The second-order valence-corrected chi connectivity index (χ2v) is 8.34. The molecular formula is C24H22BrFN4O. The van der Waals surface area contributed by atoms with Gasteiger partial charge in [0.25, 0.3) is 0 Å². The highest BCUT2D eigenvalue weighted by atomic mass is 79.9. The first-order chi connectivity index (χ1) is 15.0. The molecule has 4 rings (SSSR count). The number of carbonyl (C=O) groups is 1. The fourth-order valence-electron chi connectivity index (χ4n) is 3.51. The van der Waals surface area contributed by atoms with Crippen molar-refractivity contribution in [1.82, 2.24) is 19.9 Å². The Morgan fingerprint density at radius 1 is 1.13 bits per heavy atom. The number of nitrogens with one attached hydrogen (secondary N) is 1. The molecule has 0 unspecified atom stereocenters. The number of nitrogens with zero attached hydrogens (tertiary/aromatic N) is 3. The Morgan fingerprint density at radius 3 is 2.61 bits per heavy atom. The predicted molar refractivity (Wildman–Crippen MR) is 122 cm³/mol. The van der Waals surface area contributed by atoms with Gasteiger partial charge in [0.15, 0.2) is 5.65 Å². The number of imidazole rings is 1. The van der Waals surface area contributed by atoms with Crippen molar-refractivity contribution in [3.8, 4) is 0 Å². The van der Waals surface area contributed by atoms with Crippen LogP contribution >= 0.6 is 15.9 Å². The summed E-state index contributed by atoms with van der Waals surface area (Å²) in [6.07, 6.45) is 2.55. The first-order valence-corrected chi connectivity index (χ1v) is 10.9. The number of aromatic nitrogens is 3. The van der Waals surface area contributed by atoms with Crippen LogP contribution < -0.4 is 5.32 Å². The molecule has 1 atom stereocenters. The van der Waals surface area contributed by atoms with Crippen molar-refractivity contribution < 1.29 is 9.18 Å². The first kappa shape index (κ1) is 21.2. The minimum Gasteiger partial charge on any atom is -0.350 e. The summed E-state index contributed by atoms with van der Waals surface area (Å²) in [7, 11) is 0. The molecule has 158 valence electrons. The zero-order valence-electron chi connectivity index (χ0n) is 17.1. The van der Waals surface area contributed by atoms with Crippen LogP contribution in [-0.2, 0) is 17.8 Å². The zero-order valence-corrected chi connectivity index (χ0v) is 18.6. The molecule has 31 heavy (non-hydrogen) atoms. The van der Waals surface area contributed by atoms with Gasteiger partial charge in [0, 0.05) is 23.5 Å². The molecule has 0 aliphatic heterocycles. The molecule has 7 heteroatoms. The molecule has 0 aliphatic rings. The highest BCUT2D eigenvalue weighted by molar-refractivity contribution is 9.10. The maximum Gasteiger partial charge on any atom is 0.220 e. The average Bonchev–Trinajstić information content (AvgIpc) is 3.11. The molecule has 0 bridgehead atoms. The monoisotopic (exact) mass is 480 g/mol. The number of halogens is 2. The largest absolute Gasteiger partial charge is 0.350 e. The van der Waals surface area contributed by atoms with Gasteiger partial charge in [-0.3, -0.25) is 4.79 Å². The maximum atomic E-state index is 13.1. The van der Waals surface area contributed by atoms with E-state index in [9.17, 15) is 9.18 Å². The molecular weight excluding hydrogens is 459 g/mol. The van der Waals surface area contributed by atoms with Gasteiger partial charge in [0.05, 0.1) is 12.6 Å². The van der Waals surface area contributed by atoms with Gasteiger partial charge in [-0.15, -0.1) is 0 Å². The van der Waals surface area contributed by atoms with Crippen molar-refractivity contribution in [2.75, 3.05) is 0 Å². The lowest BCUT2D eigenvalue weighted by Gasteiger charge is -2.14. The predicted octanol–water partition coefficient (Wildman–Crippen LogP) is 5.19. The number of carbonyl (C=O) groups excluding carboxylic acids is 1. The van der Waals surface area contributed by atoms with Crippen molar-refractivity contribution in [2.24, 2.45) is 0 Å². The number of amides is 1. The number of hydrogen-bond acceptors (Lipinski definition) is 3. The lowest BCUT2D eigenvalue weighted by Crippen LogP contribution is -2.27. The van der Waals surface area contributed by atoms with E-state index in [2.05, 4.69) is 42.9 Å². The molecule has 0 saturated heterocycles. The van der Waals surface area contributed by atoms with Crippen molar-refractivity contribution in [2.45, 2.75) is 32.4 Å². The highest BCUT2D eigenvalue weighted by Gasteiger charge is 2.15. The zero-order chi connectivity index (χ0) is 21.8. The van der Waals surface area contributed by atoms with Crippen LogP contribution in [0.4, 0.5) is 4.39 Å². The topological polar surface area (TPSA) is 59.8 Å². The van der Waals surface area contributed by atoms with Gasteiger partial charge in [0.2, 0.25) is 5.91 Å². The summed E-state index contributed by atoms with van der Waals surface area (Å²) >= 11 is 3.46. The third-order valence-electron chi connectivity index (χ3n) is 5.16. The minimum absolute atomic E-state index is 0.0768. The van der Waals surface area contributed by atoms with Crippen LogP contribution in [0, 0.1) is 5.82 Å². The number of hydrogen-bond donors (Lipinski definition) is 1. The number of aryl methyl sites for hydroxylation is 1. The van der Waals surface area contributed by atoms with Crippen LogP contribution in [-0.4, -0.2) is 20.4 Å². The molecule has 0 fully saturated rings. The van der Waals surface area contributed by atoms with Crippen molar-refractivity contribution in [1.29, 1.82) is 0 Å². The molecule has 1 amide bonds. The second-order valence-electron chi connectivity index (χ2n) is 7.43. The molecule has 4 aromatic rings. The van der Waals surface area contributed by atoms with Crippen LogP contribution in [0.5, 0.6) is 0 Å². The van der Waals surface area contributed by atoms with Gasteiger partial charge in [-0.05, 0) is 54.4 Å². The Labute approximate surface area is 188 Å². The number of benzene rings is 2. The third kappa shape index (κ3) is 5.17. The lowest BCUT2D eigenvalue weighted by atomic mass is 10.1. The molecule has 0 spiro atoms. The maximum absolute atomic E-state index is 13.1. The highest BCUT2D eigenvalue weighted by Crippen LogP contribution is 2.19. The summed E-state index contributed by atoms with van der Waals surface area (Å²) in [6, 6.07) is 17.9. The Balaban J connectivity index is 1.48. The van der Waals surface area contributed by atoms with E-state index < -0.39 is 0 Å². The summed E-state index contributed by atoms with van der Waals surface area (Å²) in [4.78, 5) is 21.8. The van der Waals surface area contributed by atoms with Crippen LogP contribution in [0.1, 0.15) is 36.3 Å². The van der Waals surface area contributed by atoms with Crippen molar-refractivity contribution in [3.05, 3.63) is 94.1 Å². The Bertz CT molecular complexity index is 1190. The number of rotatable bonds is 7. The van der Waals surface area contributed by atoms with E-state index in [0.717, 1.165) is 32.6 Å². The summed E-state index contributed by atoms with van der Waals surface area (Å²) in [5, 5.41) is 2.98. The second kappa shape index (κ2) is 9.39. The van der Waals surface area contributed by atoms with Gasteiger partial charge in [-0.1, -0.05) is 40.2 Å². The summed E-state index contributed by atoms with van der Waals surface area (Å²) in [5.41, 5.74) is 3.61. The minimum atomic E-state index is -0.291. The van der Waals surface area contributed by atoms with Crippen LogP contribution in [0.25, 0.3) is 11.2 Å². The Kier molecular flexibility index (Phi) is 6.42. The SMILES string of the molecule is C[C@H](NC(=O)CCc1nc2cccnc2n1Cc1ccc(Br)cc1)c1ccc(F)cc1. The third-order valence-corrected chi connectivity index (χ3v) is 5.69. The summed E-state index contributed by atoms with van der Waals surface area (Å²) in [6.45, 7) is 2.52. The molecule has 2 heterocycles. The summed E-state index contributed by atoms with van der Waals surface area (Å²) < 4.78 is 16.2. The average molecular weight is 481 g/mol. The fourth-order valence-corrected chi connectivity index (χ4v) is 3.77. The summed E-state index contributed by atoms with van der Waals surface area (Å²) in [5.74, 6) is 0.453. The number of fused-ring (bicyclic) bond motifs is 1.